The lowest BCUT2D eigenvalue weighted by Crippen LogP contribution is -2.44. The Morgan fingerprint density at radius 1 is 1.44 bits per heavy atom. The van der Waals surface area contributed by atoms with Crippen LogP contribution in [-0.2, 0) is 14.9 Å². The average Bonchev–Trinajstić information content (AvgIpc) is 2.24. The van der Waals surface area contributed by atoms with E-state index in [0.29, 0.717) is 13.0 Å². The van der Waals surface area contributed by atoms with Gasteiger partial charge in [-0.2, -0.15) is 8.42 Å². The molecule has 6 nitrogen and oxygen atoms in total. The van der Waals surface area contributed by atoms with Crippen molar-refractivity contribution >= 4 is 10.1 Å². The van der Waals surface area contributed by atoms with Crippen molar-refractivity contribution in [3.63, 3.8) is 0 Å². The van der Waals surface area contributed by atoms with Crippen LogP contribution >= 0.6 is 0 Å². The number of piperazine rings is 1. The van der Waals surface area contributed by atoms with E-state index in [4.69, 9.17) is 9.29 Å². The minimum absolute atomic E-state index is 0.284. The first-order chi connectivity index (χ1) is 7.54. The predicted molar refractivity (Wildman–Crippen MR) is 60.9 cm³/mol. The van der Waals surface area contributed by atoms with Gasteiger partial charge in [0.05, 0.1) is 0 Å². The van der Waals surface area contributed by atoms with Gasteiger partial charge in [-0.15, -0.1) is 0 Å². The zero-order chi connectivity index (χ0) is 12.0. The molecule has 1 saturated heterocycles. The van der Waals surface area contributed by atoms with E-state index in [2.05, 4.69) is 10.2 Å². The van der Waals surface area contributed by atoms with Crippen molar-refractivity contribution in [3.05, 3.63) is 0 Å². The molecule has 0 radical (unpaired) electrons. The van der Waals surface area contributed by atoms with Crippen molar-refractivity contribution in [1.29, 1.82) is 0 Å². The number of nitrogens with zero attached hydrogens (tertiary/aromatic N) is 1. The van der Waals surface area contributed by atoms with Gasteiger partial charge in [0.1, 0.15) is 0 Å². The van der Waals surface area contributed by atoms with Crippen LogP contribution in [0.1, 0.15) is 13.3 Å². The minimum atomic E-state index is -4.09. The van der Waals surface area contributed by atoms with Crippen LogP contribution in [0.4, 0.5) is 0 Å². The molecule has 0 aromatic heterocycles. The SMILES string of the molecule is CCOC(CCN1CCNCC1)S(=O)(=O)O. The number of ether oxygens (including phenoxy) is 1. The Hall–Kier alpha value is -0.210. The second-order valence-corrected chi connectivity index (χ2v) is 5.34. The van der Waals surface area contributed by atoms with Crippen molar-refractivity contribution < 1.29 is 17.7 Å². The van der Waals surface area contributed by atoms with Crippen LogP contribution < -0.4 is 5.32 Å². The molecule has 0 aromatic carbocycles. The Morgan fingerprint density at radius 2 is 2.06 bits per heavy atom. The maximum Gasteiger partial charge on any atom is 0.292 e. The Balaban J connectivity index is 2.37. The summed E-state index contributed by atoms with van der Waals surface area (Å²) in [6.45, 7) is 6.28. The second kappa shape index (κ2) is 6.51. The molecule has 0 aliphatic carbocycles. The molecule has 1 unspecified atom stereocenters. The van der Waals surface area contributed by atoms with Gasteiger partial charge < -0.3 is 15.0 Å². The second-order valence-electron chi connectivity index (χ2n) is 3.78. The third-order valence-corrected chi connectivity index (χ3v) is 3.61. The van der Waals surface area contributed by atoms with E-state index in [1.807, 2.05) is 0 Å². The minimum Gasteiger partial charge on any atom is -0.360 e. The maximum atomic E-state index is 11.0. The van der Waals surface area contributed by atoms with Crippen molar-refractivity contribution in [2.75, 3.05) is 39.3 Å². The number of hydrogen-bond donors (Lipinski definition) is 2. The molecule has 1 fully saturated rings. The summed E-state index contributed by atoms with van der Waals surface area (Å²) < 4.78 is 36.0. The summed E-state index contributed by atoms with van der Waals surface area (Å²) in [5.74, 6) is 0. The van der Waals surface area contributed by atoms with Crippen molar-refractivity contribution in [2.24, 2.45) is 0 Å². The lowest BCUT2D eigenvalue weighted by atomic mass is 10.3. The Labute approximate surface area is 96.7 Å². The summed E-state index contributed by atoms with van der Waals surface area (Å²) in [6.07, 6.45) is 0.312. The van der Waals surface area contributed by atoms with Crippen LogP contribution in [0.3, 0.4) is 0 Å². The van der Waals surface area contributed by atoms with Crippen molar-refractivity contribution in [3.8, 4) is 0 Å². The molecule has 0 bridgehead atoms. The molecule has 1 aliphatic heterocycles. The average molecular weight is 252 g/mol. The molecule has 96 valence electrons. The number of hydrogen-bond acceptors (Lipinski definition) is 5. The summed E-state index contributed by atoms with van der Waals surface area (Å²) >= 11 is 0. The zero-order valence-corrected chi connectivity index (χ0v) is 10.4. The molecular weight excluding hydrogens is 232 g/mol. The summed E-state index contributed by atoms with van der Waals surface area (Å²) in [6, 6.07) is 0. The third-order valence-electron chi connectivity index (χ3n) is 2.58. The highest BCUT2D eigenvalue weighted by Crippen LogP contribution is 2.08. The van der Waals surface area contributed by atoms with Crippen LogP contribution in [-0.4, -0.2) is 62.6 Å². The van der Waals surface area contributed by atoms with E-state index in [1.165, 1.54) is 0 Å². The van der Waals surface area contributed by atoms with E-state index in [-0.39, 0.29) is 6.61 Å². The highest BCUT2D eigenvalue weighted by Gasteiger charge is 2.24. The summed E-state index contributed by atoms with van der Waals surface area (Å²) in [7, 11) is -4.09. The molecule has 1 rings (SSSR count). The first-order valence-corrected chi connectivity index (χ1v) is 7.05. The van der Waals surface area contributed by atoms with Gasteiger partial charge in [0.15, 0.2) is 5.44 Å². The lowest BCUT2D eigenvalue weighted by Gasteiger charge is -2.28. The normalized spacial score (nSPS) is 20.9. The van der Waals surface area contributed by atoms with Crippen LogP contribution in [0.25, 0.3) is 0 Å². The maximum absolute atomic E-state index is 11.0. The lowest BCUT2D eigenvalue weighted by molar-refractivity contribution is 0.0921. The van der Waals surface area contributed by atoms with Crippen LogP contribution in [0, 0.1) is 0 Å². The first kappa shape index (κ1) is 13.9. The van der Waals surface area contributed by atoms with Crippen LogP contribution in [0.2, 0.25) is 0 Å². The highest BCUT2D eigenvalue weighted by atomic mass is 32.2. The molecule has 1 heterocycles. The van der Waals surface area contributed by atoms with Gasteiger partial charge in [-0.05, 0) is 6.92 Å². The Kier molecular flexibility index (Phi) is 5.63. The van der Waals surface area contributed by atoms with Gasteiger partial charge >= 0.3 is 0 Å². The molecule has 1 atom stereocenters. The Bertz CT molecular complexity index is 288. The van der Waals surface area contributed by atoms with Gasteiger partial charge in [0.25, 0.3) is 10.1 Å². The first-order valence-electron chi connectivity index (χ1n) is 5.55. The molecule has 7 heteroatoms. The zero-order valence-electron chi connectivity index (χ0n) is 9.55. The fourth-order valence-corrected chi connectivity index (χ4v) is 2.44. The summed E-state index contributed by atoms with van der Waals surface area (Å²) in [4.78, 5) is 2.16. The van der Waals surface area contributed by atoms with Crippen LogP contribution in [0.5, 0.6) is 0 Å². The highest BCUT2D eigenvalue weighted by molar-refractivity contribution is 7.86. The molecule has 0 spiro atoms. The molecule has 2 N–H and O–H groups in total. The summed E-state index contributed by atoms with van der Waals surface area (Å²) in [5, 5.41) is 3.22. The molecule has 0 amide bonds. The fraction of sp³-hybridized carbons (Fsp3) is 1.00. The van der Waals surface area contributed by atoms with Gasteiger partial charge in [-0.25, -0.2) is 0 Å². The van der Waals surface area contributed by atoms with Gasteiger partial charge in [0.2, 0.25) is 0 Å². The Morgan fingerprint density at radius 3 is 2.56 bits per heavy atom. The smallest absolute Gasteiger partial charge is 0.292 e. The number of nitrogens with one attached hydrogen (secondary N) is 1. The fourth-order valence-electron chi connectivity index (χ4n) is 1.73. The third kappa shape index (κ3) is 4.75. The standard InChI is InChI=1S/C9H20N2O4S/c1-2-15-9(16(12,13)14)3-6-11-7-4-10-5-8-11/h9-10H,2-8H2,1H3,(H,12,13,14). The van der Waals surface area contributed by atoms with E-state index in [0.717, 1.165) is 26.2 Å². The quantitative estimate of drug-likeness (QED) is 0.622. The van der Waals surface area contributed by atoms with E-state index < -0.39 is 15.6 Å². The monoisotopic (exact) mass is 252 g/mol. The van der Waals surface area contributed by atoms with Gasteiger partial charge in [-0.1, -0.05) is 0 Å². The molecule has 0 saturated carbocycles. The topological polar surface area (TPSA) is 78.9 Å². The van der Waals surface area contributed by atoms with Crippen LogP contribution in [0.15, 0.2) is 0 Å². The predicted octanol–water partition coefficient (Wildman–Crippen LogP) is -0.468. The molecule has 16 heavy (non-hydrogen) atoms. The van der Waals surface area contributed by atoms with E-state index in [9.17, 15) is 8.42 Å². The van der Waals surface area contributed by atoms with E-state index in [1.54, 1.807) is 6.92 Å². The van der Waals surface area contributed by atoms with E-state index >= 15 is 0 Å². The summed E-state index contributed by atoms with van der Waals surface area (Å²) in [5.41, 5.74) is -1.09. The number of rotatable bonds is 6. The molecule has 0 aromatic rings. The molecular formula is C9H20N2O4S. The largest absolute Gasteiger partial charge is 0.360 e. The van der Waals surface area contributed by atoms with Crippen molar-refractivity contribution in [1.82, 2.24) is 10.2 Å². The van der Waals surface area contributed by atoms with Gasteiger partial charge in [0, 0.05) is 45.8 Å². The molecule has 1 aliphatic rings. The van der Waals surface area contributed by atoms with Crippen molar-refractivity contribution in [2.45, 2.75) is 18.8 Å². The van der Waals surface area contributed by atoms with Gasteiger partial charge in [-0.3, -0.25) is 4.55 Å².